The number of carbonyl (C=O) groups excluding carboxylic acids is 1. The van der Waals surface area contributed by atoms with Gasteiger partial charge in [0.15, 0.2) is 5.65 Å². The number of amides is 1. The lowest BCUT2D eigenvalue weighted by Crippen LogP contribution is -2.48. The second-order valence-electron chi connectivity index (χ2n) is 11.6. The predicted octanol–water partition coefficient (Wildman–Crippen LogP) is 3.49. The molecule has 1 fully saturated rings. The van der Waals surface area contributed by atoms with E-state index < -0.39 is 0 Å². The van der Waals surface area contributed by atoms with Gasteiger partial charge >= 0.3 is 5.69 Å². The average molecular weight is 469 g/mol. The fourth-order valence-electron chi connectivity index (χ4n) is 4.91. The third kappa shape index (κ3) is 4.79. The van der Waals surface area contributed by atoms with Crippen molar-refractivity contribution in [1.29, 1.82) is 0 Å². The molecule has 2 atom stereocenters. The summed E-state index contributed by atoms with van der Waals surface area (Å²) in [6.45, 7) is 13.2. The van der Waals surface area contributed by atoms with Crippen LogP contribution >= 0.6 is 0 Å². The first-order valence-electron chi connectivity index (χ1n) is 12.0. The van der Waals surface area contributed by atoms with Crippen molar-refractivity contribution in [3.05, 3.63) is 39.7 Å². The molecule has 184 valence electrons. The van der Waals surface area contributed by atoms with Crippen LogP contribution in [0.1, 0.15) is 76.9 Å². The van der Waals surface area contributed by atoms with Crippen molar-refractivity contribution >= 4 is 17.1 Å². The summed E-state index contributed by atoms with van der Waals surface area (Å²) >= 11 is 0. The van der Waals surface area contributed by atoms with E-state index in [2.05, 4.69) is 50.2 Å². The van der Waals surface area contributed by atoms with Crippen LogP contribution in [-0.4, -0.2) is 36.4 Å². The highest BCUT2D eigenvalue weighted by Gasteiger charge is 2.38. The van der Waals surface area contributed by atoms with Crippen LogP contribution in [0.4, 0.5) is 0 Å². The summed E-state index contributed by atoms with van der Waals surface area (Å²) < 4.78 is 8.18. The van der Waals surface area contributed by atoms with Gasteiger partial charge in [0, 0.05) is 31.2 Å². The Morgan fingerprint density at radius 3 is 2.65 bits per heavy atom. The van der Waals surface area contributed by atoms with Gasteiger partial charge in [-0.05, 0) is 49.1 Å². The first kappa shape index (κ1) is 24.2. The molecular formula is C25H36N6O3. The largest absolute Gasteiger partial charge is 0.352 e. The SMILES string of the molecule is Cc1nonc1CC(=O)NC1CC(c2ccc3c(n2)n(C)c(=O)n3CC(C)(C)C)CCC1(C)C. The van der Waals surface area contributed by atoms with Crippen molar-refractivity contribution in [3.8, 4) is 0 Å². The highest BCUT2D eigenvalue weighted by Crippen LogP contribution is 2.42. The average Bonchev–Trinajstić information content (AvgIpc) is 3.24. The maximum Gasteiger partial charge on any atom is 0.330 e. The first-order chi connectivity index (χ1) is 15.9. The van der Waals surface area contributed by atoms with Crippen molar-refractivity contribution in [3.63, 3.8) is 0 Å². The van der Waals surface area contributed by atoms with Crippen LogP contribution in [0.15, 0.2) is 21.6 Å². The number of rotatable bonds is 5. The molecule has 1 saturated carbocycles. The molecule has 0 aromatic carbocycles. The fourth-order valence-corrected chi connectivity index (χ4v) is 4.91. The molecule has 9 nitrogen and oxygen atoms in total. The molecule has 1 amide bonds. The number of carbonyl (C=O) groups is 1. The smallest absolute Gasteiger partial charge is 0.330 e. The summed E-state index contributed by atoms with van der Waals surface area (Å²) in [4.78, 5) is 30.6. The van der Waals surface area contributed by atoms with Gasteiger partial charge in [-0.3, -0.25) is 13.9 Å². The van der Waals surface area contributed by atoms with Crippen LogP contribution in [0.2, 0.25) is 0 Å². The minimum atomic E-state index is -0.0809. The lowest BCUT2D eigenvalue weighted by atomic mass is 9.68. The van der Waals surface area contributed by atoms with Crippen LogP contribution in [0.5, 0.6) is 0 Å². The number of imidazole rings is 1. The Morgan fingerprint density at radius 1 is 1.26 bits per heavy atom. The van der Waals surface area contributed by atoms with Gasteiger partial charge in [0.25, 0.3) is 0 Å². The molecule has 0 saturated heterocycles. The molecule has 0 spiro atoms. The third-order valence-corrected chi connectivity index (χ3v) is 7.06. The van der Waals surface area contributed by atoms with Crippen LogP contribution in [0, 0.1) is 17.8 Å². The van der Waals surface area contributed by atoms with E-state index in [0.29, 0.717) is 23.6 Å². The highest BCUT2D eigenvalue weighted by molar-refractivity contribution is 5.78. The molecule has 4 rings (SSSR count). The standard InChI is InChI=1S/C25H36N6O3/c1-15-18(29-34-28-15)13-21(32)27-20-12-16(10-11-25(20,5)6)17-8-9-19-22(26-17)30(7)23(33)31(19)14-24(2,3)4/h8-9,16,20H,10-14H2,1-7H3,(H,27,32). The van der Waals surface area contributed by atoms with E-state index in [1.54, 1.807) is 18.5 Å². The number of hydrogen-bond acceptors (Lipinski definition) is 6. The second kappa shape index (κ2) is 8.67. The summed E-state index contributed by atoms with van der Waals surface area (Å²) in [5.41, 5.74) is 3.67. The van der Waals surface area contributed by atoms with E-state index in [0.717, 1.165) is 30.5 Å². The lowest BCUT2D eigenvalue weighted by molar-refractivity contribution is -0.122. The number of fused-ring (bicyclic) bond motifs is 1. The molecule has 1 aliphatic carbocycles. The molecule has 3 aromatic heterocycles. The van der Waals surface area contributed by atoms with Gasteiger partial charge in [0.2, 0.25) is 5.91 Å². The molecule has 3 aromatic rings. The molecule has 2 unspecified atom stereocenters. The van der Waals surface area contributed by atoms with Crippen LogP contribution in [-0.2, 0) is 24.8 Å². The summed E-state index contributed by atoms with van der Waals surface area (Å²) in [7, 11) is 1.79. The minimum Gasteiger partial charge on any atom is -0.352 e. The van der Waals surface area contributed by atoms with Crippen LogP contribution in [0.25, 0.3) is 11.2 Å². The molecular weight excluding hydrogens is 432 g/mol. The number of aromatic nitrogens is 5. The van der Waals surface area contributed by atoms with Gasteiger partial charge in [0.1, 0.15) is 11.4 Å². The van der Waals surface area contributed by atoms with Gasteiger partial charge in [0.05, 0.1) is 11.9 Å². The van der Waals surface area contributed by atoms with E-state index >= 15 is 0 Å². The fraction of sp³-hybridized carbons (Fsp3) is 0.640. The monoisotopic (exact) mass is 468 g/mol. The molecule has 0 radical (unpaired) electrons. The zero-order valence-corrected chi connectivity index (χ0v) is 21.3. The van der Waals surface area contributed by atoms with E-state index in [1.807, 2.05) is 16.7 Å². The molecule has 0 aliphatic heterocycles. The number of pyridine rings is 1. The number of aryl methyl sites for hydroxylation is 2. The molecule has 1 aliphatic rings. The lowest BCUT2D eigenvalue weighted by Gasteiger charge is -2.42. The summed E-state index contributed by atoms with van der Waals surface area (Å²) in [5, 5.41) is 10.8. The summed E-state index contributed by atoms with van der Waals surface area (Å²) in [6, 6.07) is 4.08. The predicted molar refractivity (Wildman–Crippen MR) is 129 cm³/mol. The summed E-state index contributed by atoms with van der Waals surface area (Å²) in [6.07, 6.45) is 2.90. The maximum absolute atomic E-state index is 12.9. The maximum atomic E-state index is 12.9. The molecule has 1 N–H and O–H groups in total. The normalized spacial score (nSPS) is 20.6. The Labute approximate surface area is 199 Å². The zero-order chi connectivity index (χ0) is 24.8. The quantitative estimate of drug-likeness (QED) is 0.614. The van der Waals surface area contributed by atoms with Crippen molar-refractivity contribution in [2.45, 2.75) is 85.7 Å². The molecule has 34 heavy (non-hydrogen) atoms. The second-order valence-corrected chi connectivity index (χ2v) is 11.6. The summed E-state index contributed by atoms with van der Waals surface area (Å²) in [5.74, 6) is 0.127. The van der Waals surface area contributed by atoms with E-state index in [9.17, 15) is 9.59 Å². The first-order valence-corrected chi connectivity index (χ1v) is 12.0. The third-order valence-electron chi connectivity index (χ3n) is 7.06. The zero-order valence-electron chi connectivity index (χ0n) is 21.3. The molecule has 3 heterocycles. The van der Waals surface area contributed by atoms with Crippen LogP contribution in [0.3, 0.4) is 0 Å². The Kier molecular flexibility index (Phi) is 6.16. The number of nitrogens with zero attached hydrogens (tertiary/aromatic N) is 5. The number of nitrogens with one attached hydrogen (secondary N) is 1. The van der Waals surface area contributed by atoms with Crippen molar-refractivity contribution in [2.75, 3.05) is 0 Å². The molecule has 0 bridgehead atoms. The van der Waals surface area contributed by atoms with E-state index in [-0.39, 0.29) is 40.8 Å². The van der Waals surface area contributed by atoms with E-state index in [4.69, 9.17) is 9.61 Å². The van der Waals surface area contributed by atoms with Crippen molar-refractivity contribution in [1.82, 2.24) is 29.7 Å². The number of hydrogen-bond donors (Lipinski definition) is 1. The van der Waals surface area contributed by atoms with Crippen LogP contribution < -0.4 is 11.0 Å². The Balaban J connectivity index is 1.56. The van der Waals surface area contributed by atoms with Gasteiger partial charge in [-0.15, -0.1) is 0 Å². The van der Waals surface area contributed by atoms with Gasteiger partial charge in [-0.2, -0.15) is 0 Å². The Hall–Kier alpha value is -2.97. The Morgan fingerprint density at radius 2 is 2.00 bits per heavy atom. The topological polar surface area (TPSA) is 108 Å². The Bertz CT molecular complexity index is 1260. The van der Waals surface area contributed by atoms with Gasteiger partial charge < -0.3 is 5.32 Å². The van der Waals surface area contributed by atoms with Crippen molar-refractivity contribution in [2.24, 2.45) is 17.9 Å². The van der Waals surface area contributed by atoms with Crippen molar-refractivity contribution < 1.29 is 9.42 Å². The molecule has 9 heteroatoms. The van der Waals surface area contributed by atoms with Gasteiger partial charge in [-0.25, -0.2) is 14.4 Å². The van der Waals surface area contributed by atoms with Gasteiger partial charge in [-0.1, -0.05) is 44.9 Å². The highest BCUT2D eigenvalue weighted by atomic mass is 16.6. The van der Waals surface area contributed by atoms with E-state index in [1.165, 1.54) is 0 Å². The minimum absolute atomic E-state index is 0.00530.